The lowest BCUT2D eigenvalue weighted by atomic mass is 10.1. The van der Waals surface area contributed by atoms with E-state index in [1.54, 1.807) is 0 Å². The first-order chi connectivity index (χ1) is 9.85. The molecule has 0 saturated heterocycles. The van der Waals surface area contributed by atoms with Crippen LogP contribution in [0.2, 0.25) is 0 Å². The minimum absolute atomic E-state index is 0.00533. The van der Waals surface area contributed by atoms with Crippen LogP contribution in [0, 0.1) is 0 Å². The number of rotatable bonds is 10. The van der Waals surface area contributed by atoms with Gasteiger partial charge in [-0.05, 0) is 13.3 Å². The zero-order valence-corrected chi connectivity index (χ0v) is 11.8. The van der Waals surface area contributed by atoms with Gasteiger partial charge in [-0.3, -0.25) is 14.4 Å². The minimum Gasteiger partial charge on any atom is -0.394 e. The highest BCUT2D eigenvalue weighted by Crippen LogP contribution is 2.01. The van der Waals surface area contributed by atoms with Crippen LogP contribution in [0.3, 0.4) is 0 Å². The standard InChI is InChI=1S/C12H22N2O7/c1-7(18)9(14-12(21)10(19)6-17)2-3-11(20)13-8(4-15)5-16/h8-10,15-17,19H,2-6H2,1H3,(H,13,20)(H,14,21). The molecule has 0 bridgehead atoms. The fourth-order valence-electron chi connectivity index (χ4n) is 1.45. The molecule has 21 heavy (non-hydrogen) atoms. The van der Waals surface area contributed by atoms with Crippen LogP contribution in [-0.4, -0.2) is 76.0 Å². The van der Waals surface area contributed by atoms with Crippen molar-refractivity contribution in [2.45, 2.75) is 38.0 Å². The van der Waals surface area contributed by atoms with Gasteiger partial charge in [0.1, 0.15) is 0 Å². The number of Topliss-reactive ketones (excluding diaryl/α,β-unsaturated/α-hetero) is 1. The molecule has 2 amide bonds. The van der Waals surface area contributed by atoms with Gasteiger partial charge in [0.15, 0.2) is 11.9 Å². The number of carbonyl (C=O) groups is 3. The van der Waals surface area contributed by atoms with Gasteiger partial charge in [-0.15, -0.1) is 0 Å². The van der Waals surface area contributed by atoms with Crippen LogP contribution in [0.1, 0.15) is 19.8 Å². The topological polar surface area (TPSA) is 156 Å². The van der Waals surface area contributed by atoms with E-state index in [1.165, 1.54) is 6.92 Å². The summed E-state index contributed by atoms with van der Waals surface area (Å²) in [5, 5.41) is 39.9. The van der Waals surface area contributed by atoms with Crippen LogP contribution >= 0.6 is 0 Å². The summed E-state index contributed by atoms with van der Waals surface area (Å²) in [6.45, 7) is -0.389. The highest BCUT2D eigenvalue weighted by molar-refractivity contribution is 5.89. The maximum absolute atomic E-state index is 11.5. The SMILES string of the molecule is CC(=O)C(CCC(=O)NC(CO)CO)NC(=O)C(O)CO. The van der Waals surface area contributed by atoms with E-state index < -0.39 is 55.6 Å². The molecule has 0 heterocycles. The van der Waals surface area contributed by atoms with Crippen molar-refractivity contribution in [1.82, 2.24) is 10.6 Å². The number of hydrogen-bond donors (Lipinski definition) is 6. The Balaban J connectivity index is 4.36. The zero-order valence-electron chi connectivity index (χ0n) is 11.8. The molecule has 0 radical (unpaired) electrons. The van der Waals surface area contributed by atoms with E-state index in [9.17, 15) is 14.4 Å². The number of carbonyl (C=O) groups excluding carboxylic acids is 3. The Morgan fingerprint density at radius 3 is 2.00 bits per heavy atom. The molecular formula is C12H22N2O7. The summed E-state index contributed by atoms with van der Waals surface area (Å²) in [4.78, 5) is 34.3. The van der Waals surface area contributed by atoms with Crippen molar-refractivity contribution < 1.29 is 34.8 Å². The van der Waals surface area contributed by atoms with Crippen LogP contribution in [-0.2, 0) is 14.4 Å². The summed E-state index contributed by atoms with van der Waals surface area (Å²) in [6.07, 6.45) is -1.75. The maximum atomic E-state index is 11.5. The van der Waals surface area contributed by atoms with Gasteiger partial charge in [-0.2, -0.15) is 0 Å². The number of amides is 2. The van der Waals surface area contributed by atoms with Crippen LogP contribution in [0.5, 0.6) is 0 Å². The van der Waals surface area contributed by atoms with Crippen LogP contribution in [0.15, 0.2) is 0 Å². The molecule has 9 nitrogen and oxygen atoms in total. The molecule has 0 aliphatic rings. The van der Waals surface area contributed by atoms with Crippen molar-refractivity contribution in [3.63, 3.8) is 0 Å². The van der Waals surface area contributed by atoms with Crippen molar-refractivity contribution in [2.75, 3.05) is 19.8 Å². The summed E-state index contributed by atoms with van der Waals surface area (Å²) >= 11 is 0. The lowest BCUT2D eigenvalue weighted by Gasteiger charge is -2.18. The predicted molar refractivity (Wildman–Crippen MR) is 71.0 cm³/mol. The molecule has 0 spiro atoms. The average Bonchev–Trinajstić information content (AvgIpc) is 2.47. The van der Waals surface area contributed by atoms with Gasteiger partial charge in [-0.25, -0.2) is 0 Å². The molecule has 9 heteroatoms. The smallest absolute Gasteiger partial charge is 0.251 e. The highest BCUT2D eigenvalue weighted by atomic mass is 16.3. The van der Waals surface area contributed by atoms with E-state index in [1.807, 2.05) is 0 Å². The van der Waals surface area contributed by atoms with Crippen LogP contribution < -0.4 is 10.6 Å². The van der Waals surface area contributed by atoms with Gasteiger partial charge in [-0.1, -0.05) is 0 Å². The number of hydrogen-bond acceptors (Lipinski definition) is 7. The van der Waals surface area contributed by atoms with Gasteiger partial charge < -0.3 is 31.1 Å². The molecule has 0 aromatic rings. The van der Waals surface area contributed by atoms with E-state index in [0.29, 0.717) is 0 Å². The number of ketones is 1. The number of aliphatic hydroxyl groups excluding tert-OH is 4. The molecule has 0 saturated carbocycles. The monoisotopic (exact) mass is 306 g/mol. The Kier molecular flexibility index (Phi) is 9.46. The van der Waals surface area contributed by atoms with Gasteiger partial charge in [0.25, 0.3) is 5.91 Å². The van der Waals surface area contributed by atoms with Crippen molar-refractivity contribution >= 4 is 17.6 Å². The van der Waals surface area contributed by atoms with Gasteiger partial charge in [0.2, 0.25) is 5.91 Å². The first kappa shape index (κ1) is 19.4. The molecule has 0 aromatic heterocycles. The highest BCUT2D eigenvalue weighted by Gasteiger charge is 2.22. The third-order valence-electron chi connectivity index (χ3n) is 2.75. The molecule has 0 rings (SSSR count). The Morgan fingerprint density at radius 1 is 1.00 bits per heavy atom. The second-order valence-electron chi connectivity index (χ2n) is 4.54. The molecule has 2 unspecified atom stereocenters. The minimum atomic E-state index is -1.63. The maximum Gasteiger partial charge on any atom is 0.251 e. The van der Waals surface area contributed by atoms with E-state index in [4.69, 9.17) is 20.4 Å². The number of aliphatic hydroxyl groups is 4. The fraction of sp³-hybridized carbons (Fsp3) is 0.750. The van der Waals surface area contributed by atoms with Gasteiger partial charge in [0.05, 0.1) is 31.9 Å². The average molecular weight is 306 g/mol. The predicted octanol–water partition coefficient (Wildman–Crippen LogP) is -3.34. The Labute approximate surface area is 122 Å². The normalized spacial score (nSPS) is 13.6. The molecule has 0 fully saturated rings. The summed E-state index contributed by atoms with van der Waals surface area (Å²) < 4.78 is 0. The molecule has 0 aliphatic carbocycles. The largest absolute Gasteiger partial charge is 0.394 e. The first-order valence-electron chi connectivity index (χ1n) is 6.46. The zero-order chi connectivity index (χ0) is 16.4. The van der Waals surface area contributed by atoms with Crippen molar-refractivity contribution in [3.8, 4) is 0 Å². The van der Waals surface area contributed by atoms with E-state index >= 15 is 0 Å². The summed E-state index contributed by atoms with van der Waals surface area (Å²) in [6, 6.07) is -1.75. The van der Waals surface area contributed by atoms with Crippen molar-refractivity contribution in [1.29, 1.82) is 0 Å². The van der Waals surface area contributed by atoms with Gasteiger partial charge in [0, 0.05) is 6.42 Å². The Hall–Kier alpha value is -1.55. The molecule has 0 aliphatic heterocycles. The second-order valence-corrected chi connectivity index (χ2v) is 4.54. The summed E-state index contributed by atoms with van der Waals surface area (Å²) in [5.41, 5.74) is 0. The quantitative estimate of drug-likeness (QED) is 0.246. The summed E-state index contributed by atoms with van der Waals surface area (Å²) in [5.74, 6) is -1.80. The second kappa shape index (κ2) is 10.2. The lowest BCUT2D eigenvalue weighted by Crippen LogP contribution is -2.47. The molecule has 2 atom stereocenters. The van der Waals surface area contributed by atoms with Gasteiger partial charge >= 0.3 is 0 Å². The van der Waals surface area contributed by atoms with Crippen molar-refractivity contribution in [2.24, 2.45) is 0 Å². The van der Waals surface area contributed by atoms with E-state index in [2.05, 4.69) is 10.6 Å². The Morgan fingerprint density at radius 2 is 1.57 bits per heavy atom. The molecule has 122 valence electrons. The fourth-order valence-corrected chi connectivity index (χ4v) is 1.45. The first-order valence-corrected chi connectivity index (χ1v) is 6.46. The molecular weight excluding hydrogens is 284 g/mol. The number of nitrogens with one attached hydrogen (secondary N) is 2. The summed E-state index contributed by atoms with van der Waals surface area (Å²) in [7, 11) is 0. The third-order valence-corrected chi connectivity index (χ3v) is 2.75. The van der Waals surface area contributed by atoms with E-state index in [0.717, 1.165) is 0 Å². The molecule has 0 aromatic carbocycles. The Bertz CT molecular complexity index is 358. The molecule has 6 N–H and O–H groups in total. The third kappa shape index (κ3) is 7.71. The van der Waals surface area contributed by atoms with Crippen molar-refractivity contribution in [3.05, 3.63) is 0 Å². The van der Waals surface area contributed by atoms with Crippen LogP contribution in [0.4, 0.5) is 0 Å². The van der Waals surface area contributed by atoms with E-state index in [-0.39, 0.29) is 12.8 Å². The van der Waals surface area contributed by atoms with Crippen LogP contribution in [0.25, 0.3) is 0 Å². The lowest BCUT2D eigenvalue weighted by molar-refractivity contribution is -0.135.